The molecule has 0 saturated heterocycles. The van der Waals surface area contributed by atoms with Gasteiger partial charge in [-0.05, 0) is 24.1 Å². The van der Waals surface area contributed by atoms with Crippen LogP contribution in [0.15, 0.2) is 37.4 Å². The van der Waals surface area contributed by atoms with E-state index in [0.717, 1.165) is 31.9 Å². The van der Waals surface area contributed by atoms with Crippen molar-refractivity contribution in [3.8, 4) is 0 Å². The summed E-state index contributed by atoms with van der Waals surface area (Å²) in [5.74, 6) is 1.30. The molecule has 8 heteroatoms. The van der Waals surface area contributed by atoms with Gasteiger partial charge < -0.3 is 5.32 Å². The number of nitrogens with one attached hydrogen (secondary N) is 1. The van der Waals surface area contributed by atoms with E-state index >= 15 is 0 Å². The Morgan fingerprint density at radius 3 is 2.82 bits per heavy atom. The van der Waals surface area contributed by atoms with E-state index < -0.39 is 0 Å². The number of halogens is 1. The molecule has 0 unspecified atom stereocenters. The molecule has 0 fully saturated rings. The summed E-state index contributed by atoms with van der Waals surface area (Å²) in [4.78, 5) is 11.5. The highest BCUT2D eigenvalue weighted by atomic mass is 79.9. The minimum Gasteiger partial charge on any atom is -0.355 e. The van der Waals surface area contributed by atoms with E-state index in [1.807, 2.05) is 19.1 Å². The summed E-state index contributed by atoms with van der Waals surface area (Å²) in [5, 5.41) is 11.1. The lowest BCUT2D eigenvalue weighted by molar-refractivity contribution is -0.118. The summed E-state index contributed by atoms with van der Waals surface area (Å²) < 4.78 is 2.84. The van der Waals surface area contributed by atoms with Gasteiger partial charge in [0.25, 0.3) is 0 Å². The molecule has 0 bridgehead atoms. The van der Waals surface area contributed by atoms with Gasteiger partial charge in [-0.1, -0.05) is 69.8 Å². The third kappa shape index (κ3) is 6.28. The monoisotopic (exact) mass is 417 g/mol. The molecule has 0 radical (unpaired) electrons. The molecule has 4 nitrogen and oxygen atoms in total. The summed E-state index contributed by atoms with van der Waals surface area (Å²) in [6, 6.07) is 8.22. The molecule has 118 valence electrons. The minimum absolute atomic E-state index is 0.0467. The van der Waals surface area contributed by atoms with E-state index in [9.17, 15) is 4.79 Å². The van der Waals surface area contributed by atoms with Crippen LogP contribution in [0.5, 0.6) is 0 Å². The second kappa shape index (κ2) is 9.54. The van der Waals surface area contributed by atoms with E-state index in [2.05, 4.69) is 43.6 Å². The first-order chi connectivity index (χ1) is 10.7. The number of rotatable bonds is 8. The van der Waals surface area contributed by atoms with E-state index in [-0.39, 0.29) is 5.91 Å². The van der Waals surface area contributed by atoms with Crippen LogP contribution >= 0.6 is 50.8 Å². The number of aromatic nitrogens is 2. The third-order valence-corrected chi connectivity index (χ3v) is 6.29. The number of carbonyl (C=O) groups is 1. The van der Waals surface area contributed by atoms with Crippen molar-refractivity contribution in [1.29, 1.82) is 0 Å². The standard InChI is InChI=1S/C14H16BrN3OS3/c1-2-6-16-12(19)9-21-14-18-17-13(22-14)20-8-10-4-3-5-11(15)7-10/h3-5,7H,2,6,8-9H2,1H3,(H,16,19). The highest BCUT2D eigenvalue weighted by molar-refractivity contribution is 9.10. The van der Waals surface area contributed by atoms with Crippen LogP contribution in [0, 0.1) is 0 Å². The van der Waals surface area contributed by atoms with Crippen molar-refractivity contribution in [3.63, 3.8) is 0 Å². The van der Waals surface area contributed by atoms with Crippen LogP contribution in [0.4, 0.5) is 0 Å². The fourth-order valence-corrected chi connectivity index (χ4v) is 4.77. The molecule has 0 aliphatic carbocycles. The Bertz CT molecular complexity index is 621. The van der Waals surface area contributed by atoms with Crippen molar-refractivity contribution in [1.82, 2.24) is 15.5 Å². The van der Waals surface area contributed by atoms with Gasteiger partial charge in [0.15, 0.2) is 8.68 Å². The van der Waals surface area contributed by atoms with Gasteiger partial charge in [-0.3, -0.25) is 4.79 Å². The topological polar surface area (TPSA) is 54.9 Å². The molecule has 1 N–H and O–H groups in total. The first kappa shape index (κ1) is 17.8. The summed E-state index contributed by atoms with van der Waals surface area (Å²) in [6.45, 7) is 2.76. The number of nitrogens with zero attached hydrogens (tertiary/aromatic N) is 2. The van der Waals surface area contributed by atoms with Crippen molar-refractivity contribution in [2.45, 2.75) is 27.8 Å². The van der Waals surface area contributed by atoms with Crippen LogP contribution in [-0.4, -0.2) is 28.4 Å². The van der Waals surface area contributed by atoms with Crippen LogP contribution in [0.1, 0.15) is 18.9 Å². The van der Waals surface area contributed by atoms with Gasteiger partial charge in [-0.25, -0.2) is 0 Å². The molecule has 1 aromatic heterocycles. The van der Waals surface area contributed by atoms with E-state index in [0.29, 0.717) is 5.75 Å². The average molecular weight is 418 g/mol. The second-order valence-corrected chi connectivity index (χ2v) is 8.73. The Morgan fingerprint density at radius 1 is 1.32 bits per heavy atom. The zero-order valence-corrected chi connectivity index (χ0v) is 16.1. The third-order valence-electron chi connectivity index (χ3n) is 2.54. The van der Waals surface area contributed by atoms with E-state index in [4.69, 9.17) is 0 Å². The number of amides is 1. The zero-order valence-electron chi connectivity index (χ0n) is 12.0. The van der Waals surface area contributed by atoms with Crippen molar-refractivity contribution < 1.29 is 4.79 Å². The quantitative estimate of drug-likeness (QED) is 0.651. The smallest absolute Gasteiger partial charge is 0.230 e. The first-order valence-electron chi connectivity index (χ1n) is 6.77. The summed E-state index contributed by atoms with van der Waals surface area (Å²) >= 11 is 8.10. The van der Waals surface area contributed by atoms with E-state index in [1.54, 1.807) is 11.8 Å². The lowest BCUT2D eigenvalue weighted by Gasteiger charge is -2.00. The lowest BCUT2D eigenvalue weighted by Crippen LogP contribution is -2.25. The molecule has 0 spiro atoms. The molecule has 2 aromatic rings. The number of benzene rings is 1. The molecule has 1 heterocycles. The highest BCUT2D eigenvalue weighted by Crippen LogP contribution is 2.30. The molecule has 1 aromatic carbocycles. The largest absolute Gasteiger partial charge is 0.355 e. The number of carbonyl (C=O) groups excluding carboxylic acids is 1. The van der Waals surface area contributed by atoms with Gasteiger partial charge in [0, 0.05) is 16.8 Å². The Balaban J connectivity index is 1.77. The fourth-order valence-electron chi connectivity index (χ4n) is 1.53. The molecule has 2 rings (SSSR count). The Morgan fingerprint density at radius 2 is 2.09 bits per heavy atom. The Kier molecular flexibility index (Phi) is 7.71. The highest BCUT2D eigenvalue weighted by Gasteiger charge is 2.08. The lowest BCUT2D eigenvalue weighted by atomic mass is 10.2. The van der Waals surface area contributed by atoms with Gasteiger partial charge >= 0.3 is 0 Å². The first-order valence-corrected chi connectivity index (χ1v) is 10.4. The molecule has 0 aliphatic heterocycles. The molecule has 0 saturated carbocycles. The average Bonchev–Trinajstić information content (AvgIpc) is 2.97. The number of hydrogen-bond donors (Lipinski definition) is 1. The fraction of sp³-hybridized carbons (Fsp3) is 0.357. The summed E-state index contributed by atoms with van der Waals surface area (Å²) in [6.07, 6.45) is 0.950. The number of thioether (sulfide) groups is 2. The van der Waals surface area contributed by atoms with Gasteiger partial charge in [-0.2, -0.15) is 0 Å². The van der Waals surface area contributed by atoms with Gasteiger partial charge in [0.1, 0.15) is 0 Å². The summed E-state index contributed by atoms with van der Waals surface area (Å²) in [5.41, 5.74) is 1.24. The molecule has 0 atom stereocenters. The van der Waals surface area contributed by atoms with Crippen LogP contribution < -0.4 is 5.32 Å². The maximum Gasteiger partial charge on any atom is 0.230 e. The molecule has 0 aliphatic rings. The van der Waals surface area contributed by atoms with Crippen LogP contribution in [0.3, 0.4) is 0 Å². The van der Waals surface area contributed by atoms with Crippen molar-refractivity contribution in [2.75, 3.05) is 12.3 Å². The maximum absolute atomic E-state index is 11.5. The van der Waals surface area contributed by atoms with Gasteiger partial charge in [0.2, 0.25) is 5.91 Å². The maximum atomic E-state index is 11.5. The molecule has 1 amide bonds. The van der Waals surface area contributed by atoms with Crippen molar-refractivity contribution in [2.24, 2.45) is 0 Å². The zero-order chi connectivity index (χ0) is 15.8. The van der Waals surface area contributed by atoms with Crippen molar-refractivity contribution >= 4 is 56.7 Å². The molecular formula is C14H16BrN3OS3. The molecule has 22 heavy (non-hydrogen) atoms. The Labute approximate surface area is 151 Å². The predicted molar refractivity (Wildman–Crippen MR) is 97.6 cm³/mol. The second-order valence-electron chi connectivity index (χ2n) is 4.39. The Hall–Kier alpha value is -0.570. The summed E-state index contributed by atoms with van der Waals surface area (Å²) in [7, 11) is 0. The predicted octanol–water partition coefficient (Wildman–Crippen LogP) is 4.21. The normalized spacial score (nSPS) is 10.6. The van der Waals surface area contributed by atoms with Crippen molar-refractivity contribution in [3.05, 3.63) is 34.3 Å². The number of hydrogen-bond acceptors (Lipinski definition) is 6. The van der Waals surface area contributed by atoms with Gasteiger partial charge in [0.05, 0.1) is 5.75 Å². The minimum atomic E-state index is 0.0467. The van der Waals surface area contributed by atoms with Crippen LogP contribution in [0.2, 0.25) is 0 Å². The SMILES string of the molecule is CCCNC(=O)CSc1nnc(SCc2cccc(Br)c2)s1. The van der Waals surface area contributed by atoms with Crippen LogP contribution in [0.25, 0.3) is 0 Å². The van der Waals surface area contributed by atoms with E-state index in [1.165, 1.54) is 28.7 Å². The van der Waals surface area contributed by atoms with Crippen LogP contribution in [-0.2, 0) is 10.5 Å². The molecular weight excluding hydrogens is 402 g/mol. The van der Waals surface area contributed by atoms with Gasteiger partial charge in [-0.15, -0.1) is 10.2 Å².